The number of ether oxygens (including phenoxy) is 1. The van der Waals surface area contributed by atoms with Crippen LogP contribution in [0, 0.1) is 0 Å². The van der Waals surface area contributed by atoms with E-state index < -0.39 is 18.0 Å². The van der Waals surface area contributed by atoms with Crippen LogP contribution < -0.4 is 16.0 Å². The lowest BCUT2D eigenvalue weighted by Crippen LogP contribution is -2.30. The molecule has 152 valence electrons. The highest BCUT2D eigenvalue weighted by Gasteiger charge is 2.20. The number of nitrogens with one attached hydrogen (secondary N) is 3. The second kappa shape index (κ2) is 9.70. The van der Waals surface area contributed by atoms with Crippen LogP contribution in [-0.4, -0.2) is 29.8 Å². The van der Waals surface area contributed by atoms with Crippen LogP contribution in [0.5, 0.6) is 0 Å². The van der Waals surface area contributed by atoms with Gasteiger partial charge in [-0.25, -0.2) is 4.79 Å². The molecule has 0 aromatic heterocycles. The lowest BCUT2D eigenvalue weighted by Gasteiger charge is -2.15. The maximum absolute atomic E-state index is 12.5. The van der Waals surface area contributed by atoms with Crippen LogP contribution in [0.3, 0.4) is 0 Å². The first-order chi connectivity index (χ1) is 13.6. The number of amides is 3. The molecule has 3 amide bonds. The molecule has 0 saturated carbocycles. The zero-order valence-corrected chi connectivity index (χ0v) is 16.8. The van der Waals surface area contributed by atoms with Crippen molar-refractivity contribution in [3.8, 4) is 0 Å². The molecule has 0 aliphatic rings. The number of halogens is 1. The number of anilines is 3. The molecular formula is C20H20ClN3O5. The molecule has 3 N–H and O–H groups in total. The van der Waals surface area contributed by atoms with Gasteiger partial charge in [-0.2, -0.15) is 0 Å². The number of esters is 1. The van der Waals surface area contributed by atoms with Gasteiger partial charge in [-0.05, 0) is 49.4 Å². The molecule has 0 saturated heterocycles. The van der Waals surface area contributed by atoms with E-state index in [1.807, 2.05) is 0 Å². The molecule has 0 aliphatic carbocycles. The zero-order valence-electron chi connectivity index (χ0n) is 16.0. The summed E-state index contributed by atoms with van der Waals surface area (Å²) in [5, 5.41) is 8.21. The maximum Gasteiger partial charge on any atom is 0.339 e. The number of hydrogen-bond donors (Lipinski definition) is 3. The van der Waals surface area contributed by atoms with Gasteiger partial charge in [0.2, 0.25) is 11.8 Å². The van der Waals surface area contributed by atoms with Crippen molar-refractivity contribution >= 4 is 52.4 Å². The summed E-state index contributed by atoms with van der Waals surface area (Å²) in [5.41, 5.74) is 1.16. The number of rotatable bonds is 6. The summed E-state index contributed by atoms with van der Waals surface area (Å²) in [6, 6.07) is 10.7. The van der Waals surface area contributed by atoms with E-state index in [4.69, 9.17) is 16.3 Å². The lowest BCUT2D eigenvalue weighted by molar-refractivity contribution is -0.123. The number of benzene rings is 2. The van der Waals surface area contributed by atoms with Gasteiger partial charge in [-0.1, -0.05) is 11.6 Å². The molecule has 0 radical (unpaired) electrons. The monoisotopic (exact) mass is 417 g/mol. The third-order valence-corrected chi connectivity index (χ3v) is 3.83. The van der Waals surface area contributed by atoms with Gasteiger partial charge in [0.25, 0.3) is 5.91 Å². The van der Waals surface area contributed by atoms with E-state index in [2.05, 4.69) is 16.0 Å². The smallest absolute Gasteiger partial charge is 0.339 e. The number of carbonyl (C=O) groups excluding carboxylic acids is 4. The first kappa shape index (κ1) is 21.9. The summed E-state index contributed by atoms with van der Waals surface area (Å²) in [6.45, 7) is 4.05. The predicted octanol–water partition coefficient (Wildman–Crippen LogP) is 3.44. The number of carbonyl (C=O) groups is 4. The van der Waals surface area contributed by atoms with Crippen LogP contribution in [0.1, 0.15) is 31.1 Å². The van der Waals surface area contributed by atoms with E-state index in [0.717, 1.165) is 0 Å². The van der Waals surface area contributed by atoms with Gasteiger partial charge in [0, 0.05) is 35.9 Å². The van der Waals surface area contributed by atoms with Crippen molar-refractivity contribution in [2.75, 3.05) is 16.0 Å². The molecule has 2 rings (SSSR count). The Morgan fingerprint density at radius 3 is 1.83 bits per heavy atom. The van der Waals surface area contributed by atoms with Crippen LogP contribution in [-0.2, 0) is 19.1 Å². The van der Waals surface area contributed by atoms with E-state index >= 15 is 0 Å². The normalized spacial score (nSPS) is 11.2. The topological polar surface area (TPSA) is 114 Å². The average Bonchev–Trinajstić information content (AvgIpc) is 2.62. The minimum Gasteiger partial charge on any atom is -0.449 e. The third-order valence-electron chi connectivity index (χ3n) is 3.57. The molecule has 0 spiro atoms. The molecule has 2 aromatic rings. The number of hydrogen-bond acceptors (Lipinski definition) is 5. The highest BCUT2D eigenvalue weighted by atomic mass is 35.5. The molecule has 0 heterocycles. The van der Waals surface area contributed by atoms with Crippen molar-refractivity contribution in [2.24, 2.45) is 0 Å². The van der Waals surface area contributed by atoms with E-state index in [1.165, 1.54) is 39.0 Å². The molecule has 2 aromatic carbocycles. The predicted molar refractivity (Wildman–Crippen MR) is 110 cm³/mol. The largest absolute Gasteiger partial charge is 0.449 e. The van der Waals surface area contributed by atoms with Crippen LogP contribution in [0.4, 0.5) is 17.1 Å². The van der Waals surface area contributed by atoms with Crippen molar-refractivity contribution in [1.29, 1.82) is 0 Å². The van der Waals surface area contributed by atoms with Gasteiger partial charge in [-0.3, -0.25) is 14.4 Å². The fraction of sp³-hybridized carbons (Fsp3) is 0.200. The fourth-order valence-corrected chi connectivity index (χ4v) is 2.48. The van der Waals surface area contributed by atoms with Crippen molar-refractivity contribution in [1.82, 2.24) is 0 Å². The van der Waals surface area contributed by atoms with Crippen LogP contribution in [0.2, 0.25) is 5.02 Å². The molecule has 0 bridgehead atoms. The van der Waals surface area contributed by atoms with Gasteiger partial charge >= 0.3 is 5.97 Å². The molecule has 9 heteroatoms. The Bertz CT molecular complexity index is 909. The van der Waals surface area contributed by atoms with E-state index in [-0.39, 0.29) is 17.4 Å². The molecule has 29 heavy (non-hydrogen) atoms. The van der Waals surface area contributed by atoms with Crippen molar-refractivity contribution in [3.05, 3.63) is 53.1 Å². The average molecular weight is 418 g/mol. The quantitative estimate of drug-likeness (QED) is 0.623. The minimum absolute atomic E-state index is 0.0612. The van der Waals surface area contributed by atoms with Gasteiger partial charge in [0.1, 0.15) is 0 Å². The summed E-state index contributed by atoms with van der Waals surface area (Å²) in [6.07, 6.45) is -1.09. The SMILES string of the molecule is CC(=O)Nc1cc(NC(C)=O)cc(C(=O)OC(C)C(=O)Nc2ccc(Cl)cc2)c1. The van der Waals surface area contributed by atoms with Gasteiger partial charge in [-0.15, -0.1) is 0 Å². The highest BCUT2D eigenvalue weighted by molar-refractivity contribution is 6.30. The second-order valence-corrected chi connectivity index (χ2v) is 6.64. The summed E-state index contributed by atoms with van der Waals surface area (Å²) in [5.74, 6) is -2.01. The molecule has 8 nitrogen and oxygen atoms in total. The first-order valence-corrected chi connectivity index (χ1v) is 8.99. The summed E-state index contributed by atoms with van der Waals surface area (Å²) >= 11 is 5.80. The Balaban J connectivity index is 2.12. The minimum atomic E-state index is -1.09. The standard InChI is InChI=1S/C20H20ClN3O5/c1-11(19(27)24-16-6-4-15(21)5-7-16)29-20(28)14-8-17(22-12(2)25)10-18(9-14)23-13(3)26/h4-11H,1-3H3,(H,22,25)(H,23,26)(H,24,27). The van der Waals surface area contributed by atoms with E-state index in [9.17, 15) is 19.2 Å². The molecular weight excluding hydrogens is 398 g/mol. The first-order valence-electron chi connectivity index (χ1n) is 8.61. The summed E-state index contributed by atoms with van der Waals surface area (Å²) in [4.78, 5) is 47.4. The van der Waals surface area contributed by atoms with Crippen LogP contribution in [0.15, 0.2) is 42.5 Å². The molecule has 1 atom stereocenters. The van der Waals surface area contributed by atoms with Crippen LogP contribution >= 0.6 is 11.6 Å². The van der Waals surface area contributed by atoms with Crippen molar-refractivity contribution in [3.63, 3.8) is 0 Å². The molecule has 0 aliphatic heterocycles. The Hall–Kier alpha value is -3.39. The van der Waals surface area contributed by atoms with Gasteiger partial charge < -0.3 is 20.7 Å². The Morgan fingerprint density at radius 2 is 1.34 bits per heavy atom. The Morgan fingerprint density at radius 1 is 0.828 bits per heavy atom. The molecule has 0 fully saturated rings. The lowest BCUT2D eigenvalue weighted by atomic mass is 10.1. The van der Waals surface area contributed by atoms with E-state index in [0.29, 0.717) is 22.1 Å². The van der Waals surface area contributed by atoms with Gasteiger partial charge in [0.05, 0.1) is 5.56 Å². The zero-order chi connectivity index (χ0) is 21.6. The maximum atomic E-state index is 12.5. The Kier molecular flexibility index (Phi) is 7.33. The van der Waals surface area contributed by atoms with E-state index in [1.54, 1.807) is 24.3 Å². The Labute approximate surface area is 172 Å². The fourth-order valence-electron chi connectivity index (χ4n) is 2.36. The second-order valence-electron chi connectivity index (χ2n) is 6.21. The van der Waals surface area contributed by atoms with Crippen molar-refractivity contribution < 1.29 is 23.9 Å². The highest BCUT2D eigenvalue weighted by Crippen LogP contribution is 2.21. The van der Waals surface area contributed by atoms with Crippen LogP contribution in [0.25, 0.3) is 0 Å². The van der Waals surface area contributed by atoms with Crippen molar-refractivity contribution in [2.45, 2.75) is 26.9 Å². The third kappa shape index (κ3) is 6.93. The summed E-state index contributed by atoms with van der Waals surface area (Å²) < 4.78 is 5.21. The summed E-state index contributed by atoms with van der Waals surface area (Å²) in [7, 11) is 0. The van der Waals surface area contributed by atoms with Gasteiger partial charge in [0.15, 0.2) is 6.10 Å². The molecule has 1 unspecified atom stereocenters.